The van der Waals surface area contributed by atoms with E-state index in [4.69, 9.17) is 22.1 Å². The van der Waals surface area contributed by atoms with E-state index in [2.05, 4.69) is 20.9 Å². The maximum absolute atomic E-state index is 13.3. The maximum atomic E-state index is 13.3. The van der Waals surface area contributed by atoms with Crippen LogP contribution in [0.1, 0.15) is 13.8 Å². The van der Waals surface area contributed by atoms with Gasteiger partial charge in [-0.3, -0.25) is 9.59 Å². The summed E-state index contributed by atoms with van der Waals surface area (Å²) in [5, 5.41) is 8.35. The molecule has 10 nitrogen and oxygen atoms in total. The quantitative estimate of drug-likeness (QED) is 0.313. The standard InChI is InChI=1S/C22H28ClN5O5S/c1-22(2,24)21(30)28-18(20(29)27-15-12-13(23)10-11-16(15)33-4)19(25-3)26-14-8-6-7-9-17(14)34(5,31)32/h6-12,18H,24H2,1-5H3,(H,25,26)(H,27,29)(H,28,30). The van der Waals surface area contributed by atoms with E-state index in [1.54, 1.807) is 24.3 Å². The first-order valence-corrected chi connectivity index (χ1v) is 12.3. The number of ether oxygens (including phenoxy) is 1. The summed E-state index contributed by atoms with van der Waals surface area (Å²) in [5.74, 6) is -1.01. The van der Waals surface area contributed by atoms with Crippen LogP contribution >= 0.6 is 11.6 Å². The van der Waals surface area contributed by atoms with Crippen molar-refractivity contribution < 1.29 is 22.7 Å². The predicted octanol–water partition coefficient (Wildman–Crippen LogP) is 1.86. The molecule has 2 rings (SSSR count). The number of sulfone groups is 1. The molecule has 0 saturated heterocycles. The average Bonchev–Trinajstić information content (AvgIpc) is 2.75. The van der Waals surface area contributed by atoms with E-state index in [0.717, 1.165) is 6.26 Å². The Labute approximate surface area is 203 Å². The number of hydrogen-bond acceptors (Lipinski definition) is 7. The lowest BCUT2D eigenvalue weighted by molar-refractivity contribution is -0.128. The molecular weight excluding hydrogens is 482 g/mol. The van der Waals surface area contributed by atoms with Crippen molar-refractivity contribution in [2.45, 2.75) is 30.3 Å². The van der Waals surface area contributed by atoms with Crippen LogP contribution in [0.15, 0.2) is 52.4 Å². The van der Waals surface area contributed by atoms with Crippen LogP contribution in [-0.2, 0) is 19.4 Å². The highest BCUT2D eigenvalue weighted by molar-refractivity contribution is 7.90. The Morgan fingerprint density at radius 2 is 1.82 bits per heavy atom. The summed E-state index contributed by atoms with van der Waals surface area (Å²) < 4.78 is 29.7. The van der Waals surface area contributed by atoms with Crippen LogP contribution in [0.2, 0.25) is 5.02 Å². The van der Waals surface area contributed by atoms with Crippen molar-refractivity contribution in [1.29, 1.82) is 0 Å². The van der Waals surface area contributed by atoms with Gasteiger partial charge in [-0.15, -0.1) is 0 Å². The fraction of sp³-hybridized carbons (Fsp3) is 0.318. The number of aliphatic imine (C=N–C) groups is 1. The first-order chi connectivity index (χ1) is 15.8. The molecule has 0 aliphatic rings. The van der Waals surface area contributed by atoms with E-state index >= 15 is 0 Å². The van der Waals surface area contributed by atoms with Crippen LogP contribution in [0.4, 0.5) is 11.4 Å². The number of rotatable bonds is 8. The minimum Gasteiger partial charge on any atom is -0.495 e. The largest absolute Gasteiger partial charge is 0.495 e. The smallest absolute Gasteiger partial charge is 0.254 e. The summed E-state index contributed by atoms with van der Waals surface area (Å²) in [6, 6.07) is 9.33. The van der Waals surface area contributed by atoms with Crippen LogP contribution in [0, 0.1) is 0 Å². The lowest BCUT2D eigenvalue weighted by atomic mass is 10.1. The Morgan fingerprint density at radius 3 is 2.38 bits per heavy atom. The third-order valence-electron chi connectivity index (χ3n) is 4.58. The van der Waals surface area contributed by atoms with Gasteiger partial charge < -0.3 is 26.4 Å². The maximum Gasteiger partial charge on any atom is 0.254 e. The molecule has 2 amide bonds. The van der Waals surface area contributed by atoms with Crippen molar-refractivity contribution in [2.24, 2.45) is 10.7 Å². The third-order valence-corrected chi connectivity index (χ3v) is 5.96. The number of hydrogen-bond donors (Lipinski definition) is 4. The fourth-order valence-corrected chi connectivity index (χ4v) is 3.81. The minimum absolute atomic E-state index is 0.0211. The van der Waals surface area contributed by atoms with Crippen LogP contribution in [0.5, 0.6) is 5.75 Å². The van der Waals surface area contributed by atoms with Crippen molar-refractivity contribution in [3.05, 3.63) is 47.5 Å². The number of carbonyl (C=O) groups excluding carboxylic acids is 2. The number of likely N-dealkylation sites (N-methyl/N-ethyl adjacent to an activating group) is 1. The van der Waals surface area contributed by atoms with Crippen molar-refractivity contribution in [3.63, 3.8) is 0 Å². The molecule has 0 heterocycles. The van der Waals surface area contributed by atoms with E-state index in [1.807, 2.05) is 0 Å². The third kappa shape index (κ3) is 6.92. The molecule has 2 aromatic rings. The summed E-state index contributed by atoms with van der Waals surface area (Å²) >= 11 is 6.05. The predicted molar refractivity (Wildman–Crippen MR) is 133 cm³/mol. The van der Waals surface area contributed by atoms with Crippen LogP contribution in [-0.4, -0.2) is 58.1 Å². The number of amides is 2. The summed E-state index contributed by atoms with van der Waals surface area (Å²) in [4.78, 5) is 30.3. The van der Waals surface area contributed by atoms with Crippen molar-refractivity contribution in [1.82, 2.24) is 10.6 Å². The van der Waals surface area contributed by atoms with Crippen LogP contribution in [0.3, 0.4) is 0 Å². The lowest BCUT2D eigenvalue weighted by Gasteiger charge is -2.25. The number of nitrogens with one attached hydrogen (secondary N) is 3. The number of halogens is 1. The first kappa shape index (κ1) is 27.1. The highest BCUT2D eigenvalue weighted by atomic mass is 35.5. The number of para-hydroxylation sites is 1. The number of benzene rings is 2. The SMILES string of the molecule is CN/C(=N\c1ccccc1S(C)(=O)=O)C(NC(=O)C(C)(C)N)C(=O)Nc1cc(Cl)ccc1OC. The van der Waals surface area contributed by atoms with Gasteiger partial charge in [-0.25, -0.2) is 13.4 Å². The topological polar surface area (TPSA) is 152 Å². The molecule has 1 atom stereocenters. The highest BCUT2D eigenvalue weighted by Gasteiger charge is 2.32. The van der Waals surface area contributed by atoms with Gasteiger partial charge in [-0.1, -0.05) is 23.7 Å². The molecule has 0 saturated carbocycles. The summed E-state index contributed by atoms with van der Waals surface area (Å²) in [5.41, 5.74) is 4.94. The number of nitrogens with two attached hydrogens (primary N) is 1. The number of anilines is 1. The molecule has 34 heavy (non-hydrogen) atoms. The molecule has 0 aromatic heterocycles. The molecule has 1 unspecified atom stereocenters. The van der Waals surface area contributed by atoms with Gasteiger partial charge in [0.25, 0.3) is 5.91 Å². The Balaban J connectivity index is 2.57. The summed E-state index contributed by atoms with van der Waals surface area (Å²) in [6.07, 6.45) is 1.05. The Morgan fingerprint density at radius 1 is 1.18 bits per heavy atom. The average molecular weight is 510 g/mol. The molecule has 0 aliphatic heterocycles. The zero-order chi connectivity index (χ0) is 25.7. The van der Waals surface area contributed by atoms with Gasteiger partial charge in [0.15, 0.2) is 15.9 Å². The molecule has 0 spiro atoms. The van der Waals surface area contributed by atoms with Gasteiger partial charge in [0.1, 0.15) is 11.6 Å². The molecule has 184 valence electrons. The van der Waals surface area contributed by atoms with Gasteiger partial charge in [0, 0.05) is 18.3 Å². The minimum atomic E-state index is -3.62. The van der Waals surface area contributed by atoms with E-state index in [9.17, 15) is 18.0 Å². The molecular formula is C22H28ClN5O5S. The van der Waals surface area contributed by atoms with E-state index in [0.29, 0.717) is 10.8 Å². The van der Waals surface area contributed by atoms with Crippen LogP contribution in [0.25, 0.3) is 0 Å². The van der Waals surface area contributed by atoms with Crippen LogP contribution < -0.4 is 26.4 Å². The number of carbonyl (C=O) groups is 2. The number of amidine groups is 1. The van der Waals surface area contributed by atoms with Crippen molar-refractivity contribution in [3.8, 4) is 5.75 Å². The molecule has 12 heteroatoms. The Kier molecular flexibility index (Phi) is 8.65. The second-order valence-electron chi connectivity index (χ2n) is 7.95. The molecule has 0 bridgehead atoms. The molecule has 0 radical (unpaired) electrons. The zero-order valence-corrected chi connectivity index (χ0v) is 21.0. The lowest BCUT2D eigenvalue weighted by Crippen LogP contribution is -2.59. The zero-order valence-electron chi connectivity index (χ0n) is 19.5. The van der Waals surface area contributed by atoms with Gasteiger partial charge >= 0.3 is 0 Å². The first-order valence-electron chi connectivity index (χ1n) is 10.1. The Bertz CT molecular complexity index is 1210. The monoisotopic (exact) mass is 509 g/mol. The molecule has 2 aromatic carbocycles. The van der Waals surface area contributed by atoms with E-state index in [-0.39, 0.29) is 22.1 Å². The van der Waals surface area contributed by atoms with E-state index < -0.39 is 33.2 Å². The number of nitrogens with zero attached hydrogens (tertiary/aromatic N) is 1. The Hall–Kier alpha value is -3.15. The fourth-order valence-electron chi connectivity index (χ4n) is 2.82. The molecule has 0 fully saturated rings. The molecule has 5 N–H and O–H groups in total. The second-order valence-corrected chi connectivity index (χ2v) is 10.4. The van der Waals surface area contributed by atoms with Gasteiger partial charge in [-0.05, 0) is 44.2 Å². The number of methoxy groups -OCH3 is 1. The van der Waals surface area contributed by atoms with E-state index in [1.165, 1.54) is 46.2 Å². The van der Waals surface area contributed by atoms with Gasteiger partial charge in [0.05, 0.1) is 28.9 Å². The van der Waals surface area contributed by atoms with Gasteiger partial charge in [-0.2, -0.15) is 0 Å². The second kappa shape index (κ2) is 10.9. The normalized spacial score (nSPS) is 13.1. The summed E-state index contributed by atoms with van der Waals surface area (Å²) in [7, 11) is -0.700. The molecule has 0 aliphatic carbocycles. The van der Waals surface area contributed by atoms with Crippen molar-refractivity contribution >= 4 is 50.5 Å². The summed E-state index contributed by atoms with van der Waals surface area (Å²) in [6.45, 7) is 2.96. The van der Waals surface area contributed by atoms with Gasteiger partial charge in [0.2, 0.25) is 5.91 Å². The highest BCUT2D eigenvalue weighted by Crippen LogP contribution is 2.28. The van der Waals surface area contributed by atoms with Crippen molar-refractivity contribution in [2.75, 3.05) is 25.7 Å².